The first-order chi connectivity index (χ1) is 9.56. The molecule has 1 saturated heterocycles. The van der Waals surface area contributed by atoms with Gasteiger partial charge in [-0.25, -0.2) is 4.79 Å². The largest absolute Gasteiger partial charge is 0.481 e. The van der Waals surface area contributed by atoms with Crippen molar-refractivity contribution in [3.8, 4) is 0 Å². The second-order valence-corrected chi connectivity index (χ2v) is 7.06. The Morgan fingerprint density at radius 2 is 1.71 bits per heavy atom. The Morgan fingerprint density at radius 3 is 2.19 bits per heavy atom. The summed E-state index contributed by atoms with van der Waals surface area (Å²) in [6.07, 6.45) is 2.44. The highest BCUT2D eigenvalue weighted by Crippen LogP contribution is 2.30. The molecule has 1 aliphatic rings. The first-order valence-electron chi connectivity index (χ1n) is 7.60. The van der Waals surface area contributed by atoms with Gasteiger partial charge in [0, 0.05) is 12.6 Å². The summed E-state index contributed by atoms with van der Waals surface area (Å²) in [5.41, 5.74) is -1.90. The number of urea groups is 1. The third-order valence-electron chi connectivity index (χ3n) is 4.63. The average molecular weight is 299 g/mol. The molecule has 6 nitrogen and oxygen atoms in total. The summed E-state index contributed by atoms with van der Waals surface area (Å²) in [5.74, 6) is -0.932. The number of nitrogens with zero attached hydrogens (tertiary/aromatic N) is 1. The minimum atomic E-state index is -1.05. The molecule has 0 radical (unpaired) electrons. The lowest BCUT2D eigenvalue weighted by Crippen LogP contribution is -2.60. The minimum Gasteiger partial charge on any atom is -0.481 e. The van der Waals surface area contributed by atoms with Crippen molar-refractivity contribution in [1.82, 2.24) is 15.5 Å². The van der Waals surface area contributed by atoms with Crippen LogP contribution >= 0.6 is 0 Å². The Hall–Kier alpha value is -1.30. The molecule has 1 heterocycles. The van der Waals surface area contributed by atoms with Gasteiger partial charge in [-0.05, 0) is 60.5 Å². The number of carbonyl (C=O) groups is 2. The van der Waals surface area contributed by atoms with Gasteiger partial charge in [0.15, 0.2) is 0 Å². The number of aliphatic carboxylic acids is 1. The van der Waals surface area contributed by atoms with Crippen LogP contribution in [0.4, 0.5) is 4.79 Å². The van der Waals surface area contributed by atoms with Gasteiger partial charge in [-0.2, -0.15) is 0 Å². The monoisotopic (exact) mass is 299 g/mol. The van der Waals surface area contributed by atoms with E-state index < -0.39 is 16.9 Å². The van der Waals surface area contributed by atoms with Crippen molar-refractivity contribution in [2.75, 3.05) is 19.6 Å². The number of amides is 2. The van der Waals surface area contributed by atoms with E-state index in [1.54, 1.807) is 27.7 Å². The average Bonchev–Trinajstić information content (AvgIpc) is 2.79. The highest BCUT2D eigenvalue weighted by Gasteiger charge is 2.44. The zero-order chi connectivity index (χ0) is 16.3. The van der Waals surface area contributed by atoms with E-state index in [9.17, 15) is 14.7 Å². The van der Waals surface area contributed by atoms with Crippen LogP contribution in [0, 0.1) is 5.41 Å². The Bertz CT molecular complexity index is 388. The lowest BCUT2D eigenvalue weighted by molar-refractivity contribution is -0.150. The molecule has 0 aromatic heterocycles. The number of carbonyl (C=O) groups excluding carboxylic acids is 1. The SMILES string of the molecule is CC(CN1CCCC1)NC(=O)NC(C)(C)C(C)(C)C(=O)O. The summed E-state index contributed by atoms with van der Waals surface area (Å²) in [7, 11) is 0. The van der Waals surface area contributed by atoms with Gasteiger partial charge in [0.2, 0.25) is 0 Å². The van der Waals surface area contributed by atoms with Crippen LogP contribution in [0.3, 0.4) is 0 Å². The standard InChI is InChI=1S/C15H29N3O3/c1-11(10-18-8-6-7-9-18)16-13(21)17-15(4,5)14(2,3)12(19)20/h11H,6-10H2,1-5H3,(H,19,20)(H2,16,17,21). The Morgan fingerprint density at radius 1 is 1.19 bits per heavy atom. The lowest BCUT2D eigenvalue weighted by Gasteiger charge is -2.39. The molecule has 1 aliphatic heterocycles. The third-order valence-corrected chi connectivity index (χ3v) is 4.63. The van der Waals surface area contributed by atoms with E-state index in [0.29, 0.717) is 0 Å². The summed E-state index contributed by atoms with van der Waals surface area (Å²) in [6, 6.07) is -0.284. The predicted molar refractivity (Wildman–Crippen MR) is 82.3 cm³/mol. The lowest BCUT2D eigenvalue weighted by atomic mass is 9.74. The molecule has 122 valence electrons. The summed E-state index contributed by atoms with van der Waals surface area (Å²) in [5, 5.41) is 15.0. The van der Waals surface area contributed by atoms with Crippen molar-refractivity contribution in [3.63, 3.8) is 0 Å². The van der Waals surface area contributed by atoms with E-state index in [1.807, 2.05) is 6.92 Å². The van der Waals surface area contributed by atoms with Crippen molar-refractivity contribution < 1.29 is 14.7 Å². The molecule has 1 fully saturated rings. The van der Waals surface area contributed by atoms with E-state index >= 15 is 0 Å². The van der Waals surface area contributed by atoms with Crippen LogP contribution in [-0.2, 0) is 4.79 Å². The maximum atomic E-state index is 12.1. The fraction of sp³-hybridized carbons (Fsp3) is 0.867. The van der Waals surface area contributed by atoms with Crippen molar-refractivity contribution in [1.29, 1.82) is 0 Å². The van der Waals surface area contributed by atoms with Gasteiger partial charge in [0.05, 0.1) is 11.0 Å². The molecule has 2 amide bonds. The van der Waals surface area contributed by atoms with Gasteiger partial charge in [0.25, 0.3) is 0 Å². The third kappa shape index (κ3) is 4.59. The Labute approximate surface area is 127 Å². The zero-order valence-corrected chi connectivity index (χ0v) is 13.8. The molecule has 3 N–H and O–H groups in total. The predicted octanol–water partition coefficient (Wildman–Crippen LogP) is 1.66. The number of carboxylic acid groups (broad SMARTS) is 1. The zero-order valence-electron chi connectivity index (χ0n) is 13.8. The Kier molecular flexibility index (Phi) is 5.61. The van der Waals surface area contributed by atoms with Gasteiger partial charge in [-0.15, -0.1) is 0 Å². The number of rotatable bonds is 6. The molecule has 0 saturated carbocycles. The van der Waals surface area contributed by atoms with E-state index in [4.69, 9.17) is 0 Å². The highest BCUT2D eigenvalue weighted by atomic mass is 16.4. The maximum Gasteiger partial charge on any atom is 0.315 e. The summed E-state index contributed by atoms with van der Waals surface area (Å²) < 4.78 is 0. The smallest absolute Gasteiger partial charge is 0.315 e. The van der Waals surface area contributed by atoms with Crippen molar-refractivity contribution in [2.24, 2.45) is 5.41 Å². The normalized spacial score (nSPS) is 18.3. The van der Waals surface area contributed by atoms with Crippen LogP contribution in [0.5, 0.6) is 0 Å². The molecule has 0 bridgehead atoms. The highest BCUT2D eigenvalue weighted by molar-refractivity contribution is 5.79. The van der Waals surface area contributed by atoms with Crippen LogP contribution in [-0.4, -0.2) is 53.2 Å². The van der Waals surface area contributed by atoms with Gasteiger partial charge < -0.3 is 20.6 Å². The fourth-order valence-electron chi connectivity index (χ4n) is 2.37. The van der Waals surface area contributed by atoms with E-state index in [1.165, 1.54) is 12.8 Å². The molecule has 1 atom stereocenters. The minimum absolute atomic E-state index is 0.0341. The van der Waals surface area contributed by atoms with Crippen molar-refractivity contribution in [2.45, 2.75) is 59.0 Å². The van der Waals surface area contributed by atoms with Gasteiger partial charge in [0.1, 0.15) is 0 Å². The van der Waals surface area contributed by atoms with Crippen LogP contribution in [0.2, 0.25) is 0 Å². The summed E-state index contributed by atoms with van der Waals surface area (Å²) in [6.45, 7) is 11.7. The van der Waals surface area contributed by atoms with Gasteiger partial charge in [-0.1, -0.05) is 0 Å². The molecule has 1 unspecified atom stereocenters. The molecular weight excluding hydrogens is 270 g/mol. The van der Waals surface area contributed by atoms with Crippen molar-refractivity contribution >= 4 is 12.0 Å². The molecule has 21 heavy (non-hydrogen) atoms. The van der Waals surface area contributed by atoms with E-state index in [2.05, 4.69) is 15.5 Å². The molecular formula is C15H29N3O3. The first-order valence-corrected chi connectivity index (χ1v) is 7.60. The summed E-state index contributed by atoms with van der Waals surface area (Å²) in [4.78, 5) is 25.7. The molecule has 0 aromatic carbocycles. The second kappa shape index (κ2) is 6.64. The maximum absolute atomic E-state index is 12.1. The Balaban J connectivity index is 2.50. The first kappa shape index (κ1) is 17.8. The number of hydrogen-bond donors (Lipinski definition) is 3. The van der Waals surface area contributed by atoms with Crippen LogP contribution < -0.4 is 10.6 Å². The van der Waals surface area contributed by atoms with E-state index in [0.717, 1.165) is 19.6 Å². The van der Waals surface area contributed by atoms with Crippen LogP contribution in [0.15, 0.2) is 0 Å². The van der Waals surface area contributed by atoms with Crippen LogP contribution in [0.25, 0.3) is 0 Å². The summed E-state index contributed by atoms with van der Waals surface area (Å²) >= 11 is 0. The quantitative estimate of drug-likeness (QED) is 0.696. The topological polar surface area (TPSA) is 81.7 Å². The number of hydrogen-bond acceptors (Lipinski definition) is 3. The fourth-order valence-corrected chi connectivity index (χ4v) is 2.37. The van der Waals surface area contributed by atoms with Crippen molar-refractivity contribution in [3.05, 3.63) is 0 Å². The molecule has 0 spiro atoms. The molecule has 6 heteroatoms. The number of likely N-dealkylation sites (tertiary alicyclic amines) is 1. The number of nitrogens with one attached hydrogen (secondary N) is 2. The van der Waals surface area contributed by atoms with Gasteiger partial charge in [-0.3, -0.25) is 4.79 Å². The molecule has 0 aromatic rings. The van der Waals surface area contributed by atoms with Gasteiger partial charge >= 0.3 is 12.0 Å². The second-order valence-electron chi connectivity index (χ2n) is 7.06. The molecule has 0 aliphatic carbocycles. The van der Waals surface area contributed by atoms with E-state index in [-0.39, 0.29) is 12.1 Å². The number of carboxylic acids is 1. The van der Waals surface area contributed by atoms with Crippen LogP contribution in [0.1, 0.15) is 47.5 Å². The molecule has 1 rings (SSSR count).